The Morgan fingerprint density at radius 1 is 1.13 bits per heavy atom. The highest BCUT2D eigenvalue weighted by Gasteiger charge is 2.10. The highest BCUT2D eigenvalue weighted by Crippen LogP contribution is 2.26. The fraction of sp³-hybridized carbons (Fsp3) is 0.333. The molecule has 3 rings (SSSR count). The molecular formula is C18H22N4S. The van der Waals surface area contributed by atoms with E-state index in [0.717, 1.165) is 16.6 Å². The molecule has 0 spiro atoms. The molecule has 2 aromatic heterocycles. The Labute approximate surface area is 141 Å². The summed E-state index contributed by atoms with van der Waals surface area (Å²) >= 11 is 1.72. The van der Waals surface area contributed by atoms with Gasteiger partial charge in [0, 0.05) is 30.4 Å². The Morgan fingerprint density at radius 2 is 1.96 bits per heavy atom. The van der Waals surface area contributed by atoms with Gasteiger partial charge in [-0.1, -0.05) is 23.9 Å². The third-order valence-corrected chi connectivity index (χ3v) is 4.77. The molecule has 3 aromatic rings. The summed E-state index contributed by atoms with van der Waals surface area (Å²) in [5.41, 5.74) is 4.78. The van der Waals surface area contributed by atoms with Crippen molar-refractivity contribution < 1.29 is 0 Å². The van der Waals surface area contributed by atoms with Crippen LogP contribution in [0, 0.1) is 13.8 Å². The van der Waals surface area contributed by atoms with E-state index in [0.29, 0.717) is 6.04 Å². The largest absolute Gasteiger partial charge is 0.295 e. The van der Waals surface area contributed by atoms with Gasteiger partial charge in [0.15, 0.2) is 5.16 Å². The molecule has 0 aliphatic carbocycles. The van der Waals surface area contributed by atoms with Gasteiger partial charge < -0.3 is 0 Å². The number of thioether (sulfide) groups is 1. The Morgan fingerprint density at radius 3 is 2.70 bits per heavy atom. The number of nitrogens with zero attached hydrogens (tertiary/aromatic N) is 4. The average molecular weight is 326 g/mol. The predicted molar refractivity (Wildman–Crippen MR) is 95.2 cm³/mol. The van der Waals surface area contributed by atoms with E-state index in [2.05, 4.69) is 66.6 Å². The molecule has 2 heterocycles. The lowest BCUT2D eigenvalue weighted by Gasteiger charge is -2.11. The normalized spacial score (nSPS) is 11.3. The van der Waals surface area contributed by atoms with Crippen molar-refractivity contribution in [1.82, 2.24) is 19.3 Å². The van der Waals surface area contributed by atoms with Crippen molar-refractivity contribution >= 4 is 11.8 Å². The summed E-state index contributed by atoms with van der Waals surface area (Å²) in [6, 6.07) is 8.97. The molecule has 5 heteroatoms. The molecule has 0 N–H and O–H groups in total. The first-order valence-electron chi connectivity index (χ1n) is 7.82. The van der Waals surface area contributed by atoms with Crippen molar-refractivity contribution in [1.29, 1.82) is 0 Å². The van der Waals surface area contributed by atoms with Gasteiger partial charge in [0.25, 0.3) is 0 Å². The molecule has 0 radical (unpaired) electrons. The number of hydrogen-bond acceptors (Lipinski definition) is 3. The second-order valence-electron chi connectivity index (χ2n) is 6.04. The summed E-state index contributed by atoms with van der Waals surface area (Å²) < 4.78 is 4.15. The minimum atomic E-state index is 0.394. The Kier molecular flexibility index (Phi) is 4.57. The van der Waals surface area contributed by atoms with E-state index in [1.807, 2.05) is 23.3 Å². The lowest BCUT2D eigenvalue weighted by molar-refractivity contribution is 0.528. The summed E-state index contributed by atoms with van der Waals surface area (Å²) in [7, 11) is 0. The number of aromatic nitrogens is 4. The summed E-state index contributed by atoms with van der Waals surface area (Å²) in [6.07, 6.45) is 5.92. The van der Waals surface area contributed by atoms with Crippen LogP contribution >= 0.6 is 11.8 Å². The maximum Gasteiger partial charge on any atom is 0.172 e. The van der Waals surface area contributed by atoms with Crippen molar-refractivity contribution in [2.45, 2.75) is 44.6 Å². The van der Waals surface area contributed by atoms with E-state index >= 15 is 0 Å². The van der Waals surface area contributed by atoms with Crippen LogP contribution in [0.2, 0.25) is 0 Å². The number of rotatable bonds is 5. The fourth-order valence-electron chi connectivity index (χ4n) is 2.44. The molecule has 1 aromatic carbocycles. The summed E-state index contributed by atoms with van der Waals surface area (Å²) in [6.45, 7) is 8.52. The summed E-state index contributed by atoms with van der Waals surface area (Å²) in [5.74, 6) is 0.821. The van der Waals surface area contributed by atoms with Crippen LogP contribution in [0.25, 0.3) is 5.69 Å². The van der Waals surface area contributed by atoms with E-state index in [1.54, 1.807) is 11.8 Å². The number of hydrogen-bond donors (Lipinski definition) is 0. The van der Waals surface area contributed by atoms with E-state index in [1.165, 1.54) is 16.8 Å². The van der Waals surface area contributed by atoms with Gasteiger partial charge >= 0.3 is 0 Å². The quantitative estimate of drug-likeness (QED) is 0.645. The van der Waals surface area contributed by atoms with Gasteiger partial charge in [-0.25, -0.2) is 4.98 Å². The SMILES string of the molecule is Cc1ccc(C)c(-n2ccnc2SCc2ccn(C(C)C)n2)c1. The molecule has 23 heavy (non-hydrogen) atoms. The van der Waals surface area contributed by atoms with Crippen LogP contribution in [0.3, 0.4) is 0 Å². The van der Waals surface area contributed by atoms with E-state index < -0.39 is 0 Å². The highest BCUT2D eigenvalue weighted by molar-refractivity contribution is 7.98. The molecule has 120 valence electrons. The van der Waals surface area contributed by atoms with E-state index in [-0.39, 0.29) is 0 Å². The zero-order chi connectivity index (χ0) is 16.4. The smallest absolute Gasteiger partial charge is 0.172 e. The van der Waals surface area contributed by atoms with Crippen LogP contribution in [0.15, 0.2) is 48.0 Å². The molecule has 0 saturated carbocycles. The number of imidazole rings is 1. The lowest BCUT2D eigenvalue weighted by atomic mass is 10.1. The molecule has 0 bridgehead atoms. The second kappa shape index (κ2) is 6.62. The minimum absolute atomic E-state index is 0.394. The van der Waals surface area contributed by atoms with Crippen molar-refractivity contribution in [2.75, 3.05) is 0 Å². The zero-order valence-corrected chi connectivity index (χ0v) is 14.8. The Hall–Kier alpha value is -2.01. The summed E-state index contributed by atoms with van der Waals surface area (Å²) in [4.78, 5) is 4.51. The van der Waals surface area contributed by atoms with Crippen LogP contribution in [0.5, 0.6) is 0 Å². The van der Waals surface area contributed by atoms with Crippen LogP contribution in [-0.2, 0) is 5.75 Å². The maximum atomic E-state index is 4.60. The molecule has 4 nitrogen and oxygen atoms in total. The predicted octanol–water partition coefficient (Wildman–Crippen LogP) is 4.56. The van der Waals surface area contributed by atoms with Gasteiger partial charge in [-0.05, 0) is 51.0 Å². The minimum Gasteiger partial charge on any atom is -0.295 e. The highest BCUT2D eigenvalue weighted by atomic mass is 32.2. The topological polar surface area (TPSA) is 35.6 Å². The molecule has 0 amide bonds. The van der Waals surface area contributed by atoms with Gasteiger partial charge in [0.2, 0.25) is 0 Å². The third-order valence-electron chi connectivity index (χ3n) is 3.77. The van der Waals surface area contributed by atoms with Crippen molar-refractivity contribution in [3.63, 3.8) is 0 Å². The van der Waals surface area contributed by atoms with Crippen LogP contribution < -0.4 is 0 Å². The molecule has 0 fully saturated rings. The molecule has 0 aliphatic rings. The second-order valence-corrected chi connectivity index (χ2v) is 6.98. The first kappa shape index (κ1) is 15.9. The standard InChI is InChI=1S/C18H22N4S/c1-13(2)22-9-7-16(20-22)12-23-18-19-8-10-21(18)17-11-14(3)5-6-15(17)4/h5-11,13H,12H2,1-4H3. The molecule has 0 unspecified atom stereocenters. The first-order valence-corrected chi connectivity index (χ1v) is 8.81. The summed E-state index contributed by atoms with van der Waals surface area (Å²) in [5, 5.41) is 5.60. The van der Waals surface area contributed by atoms with Crippen LogP contribution in [0.4, 0.5) is 0 Å². The molecule has 0 aliphatic heterocycles. The zero-order valence-electron chi connectivity index (χ0n) is 14.0. The molecule has 0 atom stereocenters. The number of benzene rings is 1. The van der Waals surface area contributed by atoms with Crippen molar-refractivity contribution in [3.8, 4) is 5.69 Å². The van der Waals surface area contributed by atoms with Gasteiger partial charge in [-0.15, -0.1) is 0 Å². The fourth-order valence-corrected chi connectivity index (χ4v) is 3.30. The van der Waals surface area contributed by atoms with E-state index in [9.17, 15) is 0 Å². The molecular weight excluding hydrogens is 304 g/mol. The van der Waals surface area contributed by atoms with Crippen molar-refractivity contribution in [3.05, 3.63) is 59.7 Å². The lowest BCUT2D eigenvalue weighted by Crippen LogP contribution is -2.02. The van der Waals surface area contributed by atoms with Gasteiger partial charge in [0.1, 0.15) is 0 Å². The first-order chi connectivity index (χ1) is 11.0. The van der Waals surface area contributed by atoms with Crippen molar-refractivity contribution in [2.24, 2.45) is 0 Å². The molecule has 0 saturated heterocycles. The van der Waals surface area contributed by atoms with Gasteiger partial charge in [0.05, 0.1) is 11.4 Å². The van der Waals surface area contributed by atoms with Crippen LogP contribution in [0.1, 0.15) is 36.7 Å². The van der Waals surface area contributed by atoms with Crippen LogP contribution in [-0.4, -0.2) is 19.3 Å². The Bertz CT molecular complexity index is 801. The van der Waals surface area contributed by atoms with Gasteiger partial charge in [-0.2, -0.15) is 5.10 Å². The maximum absolute atomic E-state index is 4.60. The van der Waals surface area contributed by atoms with Gasteiger partial charge in [-0.3, -0.25) is 9.25 Å². The average Bonchev–Trinajstić information content (AvgIpc) is 3.16. The monoisotopic (exact) mass is 326 g/mol. The number of aryl methyl sites for hydroxylation is 2. The Balaban J connectivity index is 1.79. The van der Waals surface area contributed by atoms with E-state index in [4.69, 9.17) is 0 Å². The third kappa shape index (κ3) is 3.50.